The number of aryl methyl sites for hydroxylation is 1. The Morgan fingerprint density at radius 1 is 1.19 bits per heavy atom. The fourth-order valence-corrected chi connectivity index (χ4v) is 3.75. The molecule has 1 aliphatic heterocycles. The lowest BCUT2D eigenvalue weighted by Crippen LogP contribution is -2.38. The first-order valence-electron chi connectivity index (χ1n) is 9.38. The SMILES string of the molecule is CC1(C)CC(c2ccccn2)Nc2c(C(=O)CCc3ccccc3)cnn21. The van der Waals surface area contributed by atoms with E-state index >= 15 is 0 Å². The molecule has 4 rings (SSSR count). The molecule has 0 saturated carbocycles. The largest absolute Gasteiger partial charge is 0.361 e. The van der Waals surface area contributed by atoms with Crippen LogP contribution in [0.5, 0.6) is 0 Å². The molecule has 1 unspecified atom stereocenters. The van der Waals surface area contributed by atoms with Crippen LogP contribution in [0.3, 0.4) is 0 Å². The monoisotopic (exact) mass is 360 g/mol. The molecule has 3 aromatic rings. The van der Waals surface area contributed by atoms with Crippen molar-refractivity contribution in [2.24, 2.45) is 0 Å². The van der Waals surface area contributed by atoms with Gasteiger partial charge in [0.15, 0.2) is 5.78 Å². The molecule has 138 valence electrons. The first-order valence-corrected chi connectivity index (χ1v) is 9.38. The van der Waals surface area contributed by atoms with Crippen LogP contribution in [0.2, 0.25) is 0 Å². The van der Waals surface area contributed by atoms with Crippen LogP contribution < -0.4 is 5.32 Å². The van der Waals surface area contributed by atoms with Gasteiger partial charge in [-0.2, -0.15) is 5.10 Å². The number of aromatic nitrogens is 3. The van der Waals surface area contributed by atoms with Crippen LogP contribution in [0.15, 0.2) is 60.9 Å². The Morgan fingerprint density at radius 3 is 2.70 bits per heavy atom. The standard InChI is InChI=1S/C22H24N4O/c1-22(2)14-19(18-10-6-7-13-23-18)25-21-17(15-24-26(21)22)20(27)12-11-16-8-4-3-5-9-16/h3-10,13,15,19,25H,11-12,14H2,1-2H3. The molecule has 0 amide bonds. The summed E-state index contributed by atoms with van der Waals surface area (Å²) in [7, 11) is 0. The van der Waals surface area contributed by atoms with E-state index in [0.29, 0.717) is 12.0 Å². The summed E-state index contributed by atoms with van der Waals surface area (Å²) in [6.45, 7) is 4.30. The summed E-state index contributed by atoms with van der Waals surface area (Å²) in [5, 5.41) is 8.04. The molecule has 1 aromatic carbocycles. The fourth-order valence-electron chi connectivity index (χ4n) is 3.75. The van der Waals surface area contributed by atoms with Gasteiger partial charge in [0.1, 0.15) is 5.82 Å². The average Bonchev–Trinajstić information content (AvgIpc) is 3.12. The maximum Gasteiger partial charge on any atom is 0.168 e. The first kappa shape index (κ1) is 17.5. The second-order valence-electron chi connectivity index (χ2n) is 7.70. The van der Waals surface area contributed by atoms with Crippen LogP contribution in [-0.2, 0) is 12.0 Å². The fraction of sp³-hybridized carbons (Fsp3) is 0.318. The third kappa shape index (κ3) is 3.50. The highest BCUT2D eigenvalue weighted by Crippen LogP contribution is 2.39. The van der Waals surface area contributed by atoms with Crippen LogP contribution in [0.25, 0.3) is 0 Å². The number of anilines is 1. The Labute approximate surface area is 159 Å². The molecule has 5 nitrogen and oxygen atoms in total. The van der Waals surface area contributed by atoms with Gasteiger partial charge in [0.2, 0.25) is 0 Å². The van der Waals surface area contributed by atoms with Crippen molar-refractivity contribution < 1.29 is 4.79 Å². The highest BCUT2D eigenvalue weighted by molar-refractivity contribution is 6.00. The van der Waals surface area contributed by atoms with Crippen molar-refractivity contribution in [3.8, 4) is 0 Å². The van der Waals surface area contributed by atoms with Gasteiger partial charge >= 0.3 is 0 Å². The van der Waals surface area contributed by atoms with Gasteiger partial charge in [-0.3, -0.25) is 9.78 Å². The molecule has 0 saturated heterocycles. The lowest BCUT2D eigenvalue weighted by Gasteiger charge is -2.37. The summed E-state index contributed by atoms with van der Waals surface area (Å²) in [5.74, 6) is 0.921. The Bertz CT molecular complexity index is 931. The van der Waals surface area contributed by atoms with E-state index in [2.05, 4.69) is 41.4 Å². The van der Waals surface area contributed by atoms with E-state index < -0.39 is 0 Å². The van der Waals surface area contributed by atoms with Crippen molar-refractivity contribution in [3.05, 3.63) is 77.7 Å². The van der Waals surface area contributed by atoms with Crippen LogP contribution in [0.4, 0.5) is 5.82 Å². The minimum atomic E-state index is -0.194. The Kier molecular flexibility index (Phi) is 4.52. The van der Waals surface area contributed by atoms with Crippen LogP contribution in [0, 0.1) is 0 Å². The summed E-state index contributed by atoms with van der Waals surface area (Å²) in [4.78, 5) is 17.4. The molecule has 1 atom stereocenters. The molecule has 3 heterocycles. The van der Waals surface area contributed by atoms with Crippen molar-refractivity contribution >= 4 is 11.6 Å². The second kappa shape index (κ2) is 6.99. The Balaban J connectivity index is 1.58. The molecule has 0 radical (unpaired) electrons. The van der Waals surface area contributed by atoms with Gasteiger partial charge < -0.3 is 5.32 Å². The highest BCUT2D eigenvalue weighted by Gasteiger charge is 2.36. The van der Waals surface area contributed by atoms with Crippen molar-refractivity contribution in [2.75, 3.05) is 5.32 Å². The first-order chi connectivity index (χ1) is 13.0. The Morgan fingerprint density at radius 2 is 1.96 bits per heavy atom. The van der Waals surface area contributed by atoms with Gasteiger partial charge in [-0.25, -0.2) is 4.68 Å². The van der Waals surface area contributed by atoms with E-state index in [4.69, 9.17) is 0 Å². The minimum Gasteiger partial charge on any atom is -0.361 e. The summed E-state index contributed by atoms with van der Waals surface area (Å²) in [6.07, 6.45) is 5.58. The summed E-state index contributed by atoms with van der Waals surface area (Å²) >= 11 is 0. The molecule has 5 heteroatoms. The maximum absolute atomic E-state index is 12.9. The molecule has 0 aliphatic carbocycles. The lowest BCUT2D eigenvalue weighted by atomic mass is 9.90. The smallest absolute Gasteiger partial charge is 0.168 e. The number of nitrogens with one attached hydrogen (secondary N) is 1. The lowest BCUT2D eigenvalue weighted by molar-refractivity contribution is 0.0983. The number of rotatable bonds is 5. The average molecular weight is 360 g/mol. The van der Waals surface area contributed by atoms with Crippen molar-refractivity contribution in [1.82, 2.24) is 14.8 Å². The minimum absolute atomic E-state index is 0.0612. The van der Waals surface area contributed by atoms with Gasteiger partial charge in [-0.15, -0.1) is 0 Å². The Hall–Kier alpha value is -2.95. The zero-order valence-corrected chi connectivity index (χ0v) is 15.7. The van der Waals surface area contributed by atoms with Gasteiger partial charge in [-0.05, 0) is 44.4 Å². The molecular formula is C22H24N4O. The number of hydrogen-bond acceptors (Lipinski definition) is 4. The van der Waals surface area contributed by atoms with Gasteiger partial charge in [0.05, 0.1) is 29.0 Å². The number of carbonyl (C=O) groups excluding carboxylic acids is 1. The summed E-state index contributed by atoms with van der Waals surface area (Å²) in [6, 6.07) is 16.1. The van der Waals surface area contributed by atoms with Gasteiger partial charge in [0, 0.05) is 12.6 Å². The second-order valence-corrected chi connectivity index (χ2v) is 7.70. The summed E-state index contributed by atoms with van der Waals surface area (Å²) < 4.78 is 1.95. The van der Waals surface area contributed by atoms with E-state index in [0.717, 1.165) is 24.4 Å². The van der Waals surface area contributed by atoms with E-state index in [1.54, 1.807) is 6.20 Å². The molecule has 0 spiro atoms. The predicted octanol–water partition coefficient (Wildman–Crippen LogP) is 4.39. The normalized spacial score (nSPS) is 17.8. The van der Waals surface area contributed by atoms with Crippen molar-refractivity contribution in [2.45, 2.75) is 44.7 Å². The van der Waals surface area contributed by atoms with E-state index in [-0.39, 0.29) is 17.4 Å². The number of fused-ring (bicyclic) bond motifs is 1. The van der Waals surface area contributed by atoms with Gasteiger partial charge in [-0.1, -0.05) is 36.4 Å². The number of hydrogen-bond donors (Lipinski definition) is 1. The number of carbonyl (C=O) groups is 1. The molecule has 1 aliphatic rings. The zero-order valence-electron chi connectivity index (χ0n) is 15.7. The number of Topliss-reactive ketones (excluding diaryl/α,β-unsaturated/α-hetero) is 1. The summed E-state index contributed by atoms with van der Waals surface area (Å²) in [5.41, 5.74) is 2.63. The number of benzene rings is 1. The van der Waals surface area contributed by atoms with Crippen LogP contribution >= 0.6 is 0 Å². The molecule has 1 N–H and O–H groups in total. The number of ketones is 1. The van der Waals surface area contributed by atoms with Crippen molar-refractivity contribution in [3.63, 3.8) is 0 Å². The van der Waals surface area contributed by atoms with E-state index in [1.807, 2.05) is 47.3 Å². The maximum atomic E-state index is 12.9. The molecular weight excluding hydrogens is 336 g/mol. The molecule has 0 bridgehead atoms. The van der Waals surface area contributed by atoms with E-state index in [9.17, 15) is 4.79 Å². The van der Waals surface area contributed by atoms with Crippen molar-refractivity contribution in [1.29, 1.82) is 0 Å². The van der Waals surface area contributed by atoms with Crippen LogP contribution in [0.1, 0.15) is 54.3 Å². The molecule has 2 aromatic heterocycles. The zero-order chi connectivity index (χ0) is 18.9. The van der Waals surface area contributed by atoms with Crippen LogP contribution in [-0.4, -0.2) is 20.5 Å². The van der Waals surface area contributed by atoms with Gasteiger partial charge in [0.25, 0.3) is 0 Å². The van der Waals surface area contributed by atoms with E-state index in [1.165, 1.54) is 5.56 Å². The third-order valence-electron chi connectivity index (χ3n) is 5.19. The topological polar surface area (TPSA) is 59.8 Å². The number of pyridine rings is 1. The highest BCUT2D eigenvalue weighted by atomic mass is 16.1. The molecule has 0 fully saturated rings. The quantitative estimate of drug-likeness (QED) is 0.686. The third-order valence-corrected chi connectivity index (χ3v) is 5.19. The molecule has 27 heavy (non-hydrogen) atoms. The predicted molar refractivity (Wildman–Crippen MR) is 106 cm³/mol. The number of nitrogens with zero attached hydrogens (tertiary/aromatic N) is 3.